The summed E-state index contributed by atoms with van der Waals surface area (Å²) in [5, 5.41) is 9.10. The number of imidazole rings is 1. The van der Waals surface area contributed by atoms with E-state index in [2.05, 4.69) is 16.0 Å². The molecule has 0 atom stereocenters. The first-order valence-electron chi connectivity index (χ1n) is 7.35. The van der Waals surface area contributed by atoms with Crippen molar-refractivity contribution < 1.29 is 4.39 Å². The summed E-state index contributed by atoms with van der Waals surface area (Å²) in [6.07, 6.45) is 5.25. The molecule has 0 aliphatic heterocycles. The van der Waals surface area contributed by atoms with Crippen LogP contribution in [0.3, 0.4) is 0 Å². The van der Waals surface area contributed by atoms with Crippen LogP contribution in [0.25, 0.3) is 28.2 Å². The Labute approximate surface area is 137 Å². The number of halogens is 1. The van der Waals surface area contributed by atoms with Crippen LogP contribution < -0.4 is 0 Å². The first-order valence-corrected chi connectivity index (χ1v) is 7.35. The predicted octanol–water partition coefficient (Wildman–Crippen LogP) is 4.07. The first kappa shape index (κ1) is 14.1. The highest BCUT2D eigenvalue weighted by atomic mass is 19.1. The molecule has 0 aliphatic rings. The molecule has 4 aromatic rings. The fourth-order valence-electron chi connectivity index (χ4n) is 2.71. The maximum atomic E-state index is 13.3. The SMILES string of the molecule is N#Cc1ccn2c(-c3ccncc3)c(-c3ccc(F)cc3)nc2c1. The van der Waals surface area contributed by atoms with Gasteiger partial charge in [-0.1, -0.05) is 0 Å². The van der Waals surface area contributed by atoms with Crippen molar-refractivity contribution in [3.63, 3.8) is 0 Å². The zero-order valence-corrected chi connectivity index (χ0v) is 12.5. The van der Waals surface area contributed by atoms with Crippen molar-refractivity contribution in [2.75, 3.05) is 0 Å². The average Bonchev–Trinajstić information content (AvgIpc) is 3.01. The second kappa shape index (κ2) is 5.60. The number of nitrogens with zero attached hydrogens (tertiary/aromatic N) is 4. The van der Waals surface area contributed by atoms with Crippen molar-refractivity contribution in [1.29, 1.82) is 5.26 Å². The molecule has 24 heavy (non-hydrogen) atoms. The lowest BCUT2D eigenvalue weighted by Gasteiger charge is -2.05. The van der Waals surface area contributed by atoms with Crippen LogP contribution in [0.15, 0.2) is 67.1 Å². The van der Waals surface area contributed by atoms with Gasteiger partial charge in [0.25, 0.3) is 0 Å². The topological polar surface area (TPSA) is 54.0 Å². The van der Waals surface area contributed by atoms with E-state index in [0.717, 1.165) is 22.5 Å². The van der Waals surface area contributed by atoms with E-state index in [9.17, 15) is 4.39 Å². The van der Waals surface area contributed by atoms with Gasteiger partial charge < -0.3 is 0 Å². The zero-order chi connectivity index (χ0) is 16.5. The predicted molar refractivity (Wildman–Crippen MR) is 88.5 cm³/mol. The van der Waals surface area contributed by atoms with Crippen molar-refractivity contribution in [1.82, 2.24) is 14.4 Å². The molecule has 4 rings (SSSR count). The van der Waals surface area contributed by atoms with Gasteiger partial charge >= 0.3 is 0 Å². The Balaban J connectivity index is 2.04. The molecule has 0 saturated heterocycles. The van der Waals surface area contributed by atoms with E-state index in [1.807, 2.05) is 22.7 Å². The Hall–Kier alpha value is -3.52. The fraction of sp³-hybridized carbons (Fsp3) is 0. The Morgan fingerprint density at radius 1 is 0.958 bits per heavy atom. The second-order valence-corrected chi connectivity index (χ2v) is 5.31. The smallest absolute Gasteiger partial charge is 0.139 e. The summed E-state index contributed by atoms with van der Waals surface area (Å²) < 4.78 is 15.2. The van der Waals surface area contributed by atoms with E-state index >= 15 is 0 Å². The van der Waals surface area contributed by atoms with Gasteiger partial charge in [-0.25, -0.2) is 9.37 Å². The molecule has 0 amide bonds. The van der Waals surface area contributed by atoms with Gasteiger partial charge in [0.2, 0.25) is 0 Å². The molecule has 0 aliphatic carbocycles. The number of nitriles is 1. The molecule has 0 saturated carbocycles. The van der Waals surface area contributed by atoms with E-state index in [0.29, 0.717) is 11.2 Å². The highest BCUT2D eigenvalue weighted by molar-refractivity contribution is 5.82. The van der Waals surface area contributed by atoms with Crippen molar-refractivity contribution >= 4 is 5.65 Å². The first-order chi connectivity index (χ1) is 11.8. The van der Waals surface area contributed by atoms with Gasteiger partial charge in [-0.2, -0.15) is 5.26 Å². The van der Waals surface area contributed by atoms with Crippen molar-refractivity contribution in [3.8, 4) is 28.6 Å². The van der Waals surface area contributed by atoms with Crippen LogP contribution in [0.2, 0.25) is 0 Å². The molecule has 0 N–H and O–H groups in total. The van der Waals surface area contributed by atoms with Crippen LogP contribution >= 0.6 is 0 Å². The van der Waals surface area contributed by atoms with Crippen LogP contribution in [-0.2, 0) is 0 Å². The number of rotatable bonds is 2. The molecule has 0 fully saturated rings. The Morgan fingerprint density at radius 3 is 2.42 bits per heavy atom. The van der Waals surface area contributed by atoms with E-state index in [-0.39, 0.29) is 5.82 Å². The fourth-order valence-corrected chi connectivity index (χ4v) is 2.71. The molecule has 3 heterocycles. The third kappa shape index (κ3) is 2.31. The molecule has 114 valence electrons. The molecule has 0 bridgehead atoms. The lowest BCUT2D eigenvalue weighted by molar-refractivity contribution is 0.628. The highest BCUT2D eigenvalue weighted by Crippen LogP contribution is 2.32. The third-order valence-electron chi connectivity index (χ3n) is 3.83. The number of fused-ring (bicyclic) bond motifs is 1. The van der Waals surface area contributed by atoms with Crippen molar-refractivity contribution in [2.24, 2.45) is 0 Å². The number of hydrogen-bond donors (Lipinski definition) is 0. The van der Waals surface area contributed by atoms with E-state index in [1.54, 1.807) is 36.7 Å². The van der Waals surface area contributed by atoms with Gasteiger partial charge in [0, 0.05) is 29.7 Å². The summed E-state index contributed by atoms with van der Waals surface area (Å²) in [7, 11) is 0. The van der Waals surface area contributed by atoms with Gasteiger partial charge in [-0.05, 0) is 48.5 Å². The zero-order valence-electron chi connectivity index (χ0n) is 12.5. The standard InChI is InChI=1S/C19H11FN4/c20-16-3-1-14(2-4-16)18-19(15-5-8-22-9-6-15)24-10-7-13(12-21)11-17(24)23-18/h1-11H. The Morgan fingerprint density at radius 2 is 1.71 bits per heavy atom. The number of aromatic nitrogens is 3. The Kier molecular flexibility index (Phi) is 3.29. The molecule has 4 nitrogen and oxygen atoms in total. The molecule has 3 aromatic heterocycles. The molecule has 5 heteroatoms. The lowest BCUT2D eigenvalue weighted by Crippen LogP contribution is -1.90. The molecule has 0 unspecified atom stereocenters. The summed E-state index contributed by atoms with van der Waals surface area (Å²) >= 11 is 0. The van der Waals surface area contributed by atoms with Crippen LogP contribution in [0.5, 0.6) is 0 Å². The van der Waals surface area contributed by atoms with E-state index in [1.165, 1.54) is 12.1 Å². The average molecular weight is 314 g/mol. The van der Waals surface area contributed by atoms with Gasteiger partial charge in [0.15, 0.2) is 0 Å². The third-order valence-corrected chi connectivity index (χ3v) is 3.83. The van der Waals surface area contributed by atoms with Gasteiger partial charge in [-0.15, -0.1) is 0 Å². The van der Waals surface area contributed by atoms with Gasteiger partial charge in [0.1, 0.15) is 11.5 Å². The van der Waals surface area contributed by atoms with E-state index < -0.39 is 0 Å². The molecular weight excluding hydrogens is 303 g/mol. The van der Waals surface area contributed by atoms with E-state index in [4.69, 9.17) is 5.26 Å². The van der Waals surface area contributed by atoms with Crippen LogP contribution in [0.4, 0.5) is 4.39 Å². The molecule has 0 spiro atoms. The summed E-state index contributed by atoms with van der Waals surface area (Å²) in [4.78, 5) is 8.72. The second-order valence-electron chi connectivity index (χ2n) is 5.31. The number of pyridine rings is 2. The van der Waals surface area contributed by atoms with Gasteiger partial charge in [-0.3, -0.25) is 9.38 Å². The lowest BCUT2D eigenvalue weighted by atomic mass is 10.1. The van der Waals surface area contributed by atoms with Crippen molar-refractivity contribution in [2.45, 2.75) is 0 Å². The molecule has 0 radical (unpaired) electrons. The summed E-state index contributed by atoms with van der Waals surface area (Å²) in [6.45, 7) is 0. The normalized spacial score (nSPS) is 10.7. The monoisotopic (exact) mass is 314 g/mol. The molecular formula is C19H11FN4. The van der Waals surface area contributed by atoms with Crippen molar-refractivity contribution in [3.05, 3.63) is 78.5 Å². The van der Waals surface area contributed by atoms with Crippen LogP contribution in [0.1, 0.15) is 5.56 Å². The quantitative estimate of drug-likeness (QED) is 0.560. The minimum Gasteiger partial charge on any atom is -0.299 e. The van der Waals surface area contributed by atoms with Crippen LogP contribution in [0, 0.1) is 17.1 Å². The number of benzene rings is 1. The summed E-state index contributed by atoms with van der Waals surface area (Å²) in [5.41, 5.74) is 4.58. The summed E-state index contributed by atoms with van der Waals surface area (Å²) in [6, 6.07) is 15.6. The number of hydrogen-bond acceptors (Lipinski definition) is 3. The largest absolute Gasteiger partial charge is 0.299 e. The minimum atomic E-state index is -0.292. The minimum absolute atomic E-state index is 0.292. The molecule has 1 aromatic carbocycles. The Bertz CT molecular complexity index is 1060. The maximum Gasteiger partial charge on any atom is 0.139 e. The van der Waals surface area contributed by atoms with Crippen LogP contribution in [-0.4, -0.2) is 14.4 Å². The van der Waals surface area contributed by atoms with Gasteiger partial charge in [0.05, 0.1) is 23.0 Å². The summed E-state index contributed by atoms with van der Waals surface area (Å²) in [5.74, 6) is -0.292. The maximum absolute atomic E-state index is 13.3. The highest BCUT2D eigenvalue weighted by Gasteiger charge is 2.16.